The lowest BCUT2D eigenvalue weighted by molar-refractivity contribution is -0.142. The number of nitrogens with zero attached hydrogens (tertiary/aromatic N) is 2. The predicted molar refractivity (Wildman–Crippen MR) is 57.4 cm³/mol. The molecule has 0 bridgehead atoms. The first-order chi connectivity index (χ1) is 6.90. The van der Waals surface area contributed by atoms with Crippen molar-refractivity contribution in [3.05, 3.63) is 0 Å². The maximum Gasteiger partial charge on any atom is 0.306 e. The van der Waals surface area contributed by atoms with E-state index in [1.807, 2.05) is 18.9 Å². The first-order valence-electron chi connectivity index (χ1n) is 4.88. The van der Waals surface area contributed by atoms with Gasteiger partial charge in [-0.1, -0.05) is 0 Å². The molecule has 5 heteroatoms. The Bertz CT molecular complexity index is 229. The number of rotatable bonds is 5. The minimum atomic E-state index is -0.258. The number of carbonyl (C=O) groups is 2. The Kier molecular flexibility index (Phi) is 5.93. The van der Waals surface area contributed by atoms with Gasteiger partial charge in [-0.15, -0.1) is 0 Å². The van der Waals surface area contributed by atoms with Crippen molar-refractivity contribution in [1.29, 1.82) is 0 Å². The maximum absolute atomic E-state index is 11.6. The smallest absolute Gasteiger partial charge is 0.306 e. The van der Waals surface area contributed by atoms with Crippen molar-refractivity contribution in [3.63, 3.8) is 0 Å². The van der Waals surface area contributed by atoms with Crippen molar-refractivity contribution < 1.29 is 14.3 Å². The Hall–Kier alpha value is -1.10. The molecule has 1 unspecified atom stereocenters. The summed E-state index contributed by atoms with van der Waals surface area (Å²) in [4.78, 5) is 25.8. The van der Waals surface area contributed by atoms with Gasteiger partial charge >= 0.3 is 5.97 Å². The minimum absolute atomic E-state index is 0.0300. The lowest BCUT2D eigenvalue weighted by atomic mass is 10.2. The molecule has 0 fully saturated rings. The molecule has 1 atom stereocenters. The number of hydrogen-bond acceptors (Lipinski definition) is 4. The third-order valence-corrected chi connectivity index (χ3v) is 2.36. The van der Waals surface area contributed by atoms with E-state index in [9.17, 15) is 9.59 Å². The van der Waals surface area contributed by atoms with Gasteiger partial charge in [0.15, 0.2) is 0 Å². The largest absolute Gasteiger partial charge is 0.469 e. The summed E-state index contributed by atoms with van der Waals surface area (Å²) in [6.45, 7) is 2.34. The van der Waals surface area contributed by atoms with Gasteiger partial charge in [0.25, 0.3) is 0 Å². The van der Waals surface area contributed by atoms with Crippen molar-refractivity contribution in [2.24, 2.45) is 0 Å². The van der Waals surface area contributed by atoms with Crippen LogP contribution in [-0.2, 0) is 14.3 Å². The molecule has 0 aromatic rings. The average Bonchev–Trinajstić information content (AvgIpc) is 2.22. The summed E-state index contributed by atoms with van der Waals surface area (Å²) in [5.41, 5.74) is 0. The number of methoxy groups -OCH3 is 1. The molecule has 0 aromatic carbocycles. The molecular weight excluding hydrogens is 196 g/mol. The minimum Gasteiger partial charge on any atom is -0.469 e. The molecule has 5 nitrogen and oxygen atoms in total. The lowest BCUT2D eigenvalue weighted by Crippen LogP contribution is -2.43. The monoisotopic (exact) mass is 216 g/mol. The normalized spacial score (nSPS) is 12.4. The predicted octanol–water partition coefficient (Wildman–Crippen LogP) is -0.0420. The number of hydrogen-bond donors (Lipinski definition) is 0. The molecule has 0 radical (unpaired) electrons. The third kappa shape index (κ3) is 4.78. The van der Waals surface area contributed by atoms with E-state index in [2.05, 4.69) is 4.74 Å². The van der Waals surface area contributed by atoms with Gasteiger partial charge < -0.3 is 9.64 Å². The van der Waals surface area contributed by atoms with E-state index in [4.69, 9.17) is 0 Å². The van der Waals surface area contributed by atoms with Gasteiger partial charge in [0.05, 0.1) is 19.6 Å². The first-order valence-corrected chi connectivity index (χ1v) is 4.88. The van der Waals surface area contributed by atoms with Crippen LogP contribution in [0.25, 0.3) is 0 Å². The summed E-state index contributed by atoms with van der Waals surface area (Å²) >= 11 is 0. The third-order valence-electron chi connectivity index (χ3n) is 2.36. The number of amides is 1. The Morgan fingerprint density at radius 1 is 1.27 bits per heavy atom. The van der Waals surface area contributed by atoms with Crippen LogP contribution in [0.5, 0.6) is 0 Å². The Balaban J connectivity index is 4.04. The van der Waals surface area contributed by atoms with Crippen LogP contribution in [0.1, 0.15) is 13.3 Å². The molecule has 1 amide bonds. The fourth-order valence-electron chi connectivity index (χ4n) is 1.13. The van der Waals surface area contributed by atoms with Gasteiger partial charge in [-0.25, -0.2) is 0 Å². The average molecular weight is 216 g/mol. The van der Waals surface area contributed by atoms with Crippen LogP contribution in [0.4, 0.5) is 0 Å². The van der Waals surface area contributed by atoms with E-state index in [1.54, 1.807) is 19.0 Å². The van der Waals surface area contributed by atoms with E-state index in [-0.39, 0.29) is 17.9 Å². The molecule has 88 valence electrons. The van der Waals surface area contributed by atoms with Gasteiger partial charge in [0.2, 0.25) is 5.91 Å². The van der Waals surface area contributed by atoms with Crippen molar-refractivity contribution in [2.75, 3.05) is 34.8 Å². The summed E-state index contributed by atoms with van der Waals surface area (Å²) in [6, 6.07) is -0.218. The van der Waals surface area contributed by atoms with Crippen LogP contribution in [0, 0.1) is 0 Å². The Morgan fingerprint density at radius 2 is 1.80 bits per heavy atom. The molecule has 0 aliphatic heterocycles. The topological polar surface area (TPSA) is 49.9 Å². The van der Waals surface area contributed by atoms with Crippen molar-refractivity contribution >= 4 is 11.9 Å². The van der Waals surface area contributed by atoms with Crippen molar-refractivity contribution in [3.8, 4) is 0 Å². The van der Waals surface area contributed by atoms with E-state index in [0.29, 0.717) is 13.0 Å². The fourth-order valence-corrected chi connectivity index (χ4v) is 1.13. The molecular formula is C10H20N2O3. The van der Waals surface area contributed by atoms with E-state index in [0.717, 1.165) is 0 Å². The van der Waals surface area contributed by atoms with Gasteiger partial charge in [-0.3, -0.25) is 14.5 Å². The van der Waals surface area contributed by atoms with Crippen LogP contribution in [0.3, 0.4) is 0 Å². The van der Waals surface area contributed by atoms with Crippen LogP contribution >= 0.6 is 0 Å². The summed E-state index contributed by atoms with van der Waals surface area (Å²) in [7, 11) is 6.60. The highest BCUT2D eigenvalue weighted by Crippen LogP contribution is 2.00. The Morgan fingerprint density at radius 3 is 2.20 bits per heavy atom. The molecule has 0 aromatic heterocycles. The maximum atomic E-state index is 11.6. The second-order valence-corrected chi connectivity index (χ2v) is 3.72. The Labute approximate surface area is 91.0 Å². The number of carbonyl (C=O) groups excluding carboxylic acids is 2. The fraction of sp³-hybridized carbons (Fsp3) is 0.800. The zero-order valence-electron chi connectivity index (χ0n) is 10.1. The number of ether oxygens (including phenoxy) is 1. The SMILES string of the molecule is COC(=O)CCN(C)C(C)C(=O)N(C)C. The molecule has 0 rings (SSSR count). The van der Waals surface area contributed by atoms with E-state index < -0.39 is 0 Å². The highest BCUT2D eigenvalue weighted by molar-refractivity contribution is 5.81. The molecule has 0 saturated carbocycles. The highest BCUT2D eigenvalue weighted by atomic mass is 16.5. The second kappa shape index (κ2) is 6.40. The number of likely N-dealkylation sites (N-methyl/N-ethyl adjacent to an activating group) is 2. The zero-order chi connectivity index (χ0) is 12.0. The second-order valence-electron chi connectivity index (χ2n) is 3.72. The standard InChI is InChI=1S/C10H20N2O3/c1-8(10(14)11(2)3)12(4)7-6-9(13)15-5/h8H,6-7H2,1-5H3. The zero-order valence-corrected chi connectivity index (χ0v) is 10.1. The van der Waals surface area contributed by atoms with Gasteiger partial charge in [-0.05, 0) is 14.0 Å². The first kappa shape index (κ1) is 13.9. The highest BCUT2D eigenvalue weighted by Gasteiger charge is 2.19. The van der Waals surface area contributed by atoms with Crippen LogP contribution < -0.4 is 0 Å². The lowest BCUT2D eigenvalue weighted by Gasteiger charge is -2.25. The molecule has 0 saturated heterocycles. The van der Waals surface area contributed by atoms with Gasteiger partial charge in [-0.2, -0.15) is 0 Å². The van der Waals surface area contributed by atoms with Crippen molar-refractivity contribution in [1.82, 2.24) is 9.80 Å². The van der Waals surface area contributed by atoms with E-state index >= 15 is 0 Å². The van der Waals surface area contributed by atoms with E-state index in [1.165, 1.54) is 7.11 Å². The molecule has 0 N–H and O–H groups in total. The van der Waals surface area contributed by atoms with Crippen LogP contribution in [0.15, 0.2) is 0 Å². The summed E-state index contributed by atoms with van der Waals surface area (Å²) in [5.74, 6) is -0.228. The summed E-state index contributed by atoms with van der Waals surface area (Å²) < 4.78 is 4.53. The molecule has 0 spiro atoms. The van der Waals surface area contributed by atoms with Gasteiger partial charge in [0, 0.05) is 20.6 Å². The van der Waals surface area contributed by atoms with Crippen molar-refractivity contribution in [2.45, 2.75) is 19.4 Å². The van der Waals surface area contributed by atoms with Crippen LogP contribution in [0.2, 0.25) is 0 Å². The molecule has 0 aliphatic rings. The van der Waals surface area contributed by atoms with Gasteiger partial charge in [0.1, 0.15) is 0 Å². The quantitative estimate of drug-likeness (QED) is 0.605. The number of esters is 1. The summed E-state index contributed by atoms with van der Waals surface area (Å²) in [6.07, 6.45) is 0.304. The molecule has 0 heterocycles. The summed E-state index contributed by atoms with van der Waals surface area (Å²) in [5, 5.41) is 0. The molecule has 15 heavy (non-hydrogen) atoms. The molecule has 0 aliphatic carbocycles. The van der Waals surface area contributed by atoms with Crippen LogP contribution in [-0.4, -0.2) is 62.5 Å².